The summed E-state index contributed by atoms with van der Waals surface area (Å²) in [5, 5.41) is 0. The second kappa shape index (κ2) is 5.12. The molecule has 0 aromatic heterocycles. The minimum absolute atomic E-state index is 0.578. The van der Waals surface area contributed by atoms with Gasteiger partial charge in [-0.15, -0.1) is 0 Å². The van der Waals surface area contributed by atoms with Gasteiger partial charge >= 0.3 is 0 Å². The molecule has 3 heteroatoms. The van der Waals surface area contributed by atoms with E-state index in [9.17, 15) is 4.79 Å². The van der Waals surface area contributed by atoms with Crippen LogP contribution in [-0.4, -0.2) is 30.8 Å². The van der Waals surface area contributed by atoms with E-state index in [2.05, 4.69) is 17.0 Å². The van der Waals surface area contributed by atoms with Crippen LogP contribution in [0.3, 0.4) is 0 Å². The van der Waals surface area contributed by atoms with E-state index >= 15 is 0 Å². The zero-order valence-electron chi connectivity index (χ0n) is 9.43. The lowest BCUT2D eigenvalue weighted by atomic mass is 9.89. The predicted molar refractivity (Wildman–Crippen MR) is 65.3 cm³/mol. The van der Waals surface area contributed by atoms with E-state index in [4.69, 9.17) is 5.73 Å². The molecule has 0 atom stereocenters. The van der Waals surface area contributed by atoms with E-state index in [0.29, 0.717) is 12.5 Å². The minimum atomic E-state index is 0.578. The van der Waals surface area contributed by atoms with Crippen molar-refractivity contribution in [2.75, 3.05) is 25.4 Å². The summed E-state index contributed by atoms with van der Waals surface area (Å²) in [6, 6.07) is 8.17. The van der Waals surface area contributed by atoms with Gasteiger partial charge in [0.05, 0.1) is 6.54 Å². The first kappa shape index (κ1) is 11.1. The summed E-state index contributed by atoms with van der Waals surface area (Å²) in [5.41, 5.74) is 7.87. The molecule has 1 fully saturated rings. The van der Waals surface area contributed by atoms with Crippen molar-refractivity contribution in [3.8, 4) is 0 Å². The van der Waals surface area contributed by atoms with Gasteiger partial charge in [-0.2, -0.15) is 0 Å². The third kappa shape index (κ3) is 2.61. The third-order valence-electron chi connectivity index (χ3n) is 3.33. The average Bonchev–Trinajstić information content (AvgIpc) is 2.32. The highest BCUT2D eigenvalue weighted by atomic mass is 16.1. The molecule has 3 nitrogen and oxygen atoms in total. The first-order chi connectivity index (χ1) is 7.79. The van der Waals surface area contributed by atoms with Crippen molar-refractivity contribution in [2.24, 2.45) is 0 Å². The van der Waals surface area contributed by atoms with Crippen molar-refractivity contribution >= 4 is 12.0 Å². The van der Waals surface area contributed by atoms with Crippen LogP contribution >= 0.6 is 0 Å². The highest BCUT2D eigenvalue weighted by Crippen LogP contribution is 2.28. The summed E-state index contributed by atoms with van der Waals surface area (Å²) in [5.74, 6) is 0.628. The van der Waals surface area contributed by atoms with Gasteiger partial charge in [0.1, 0.15) is 6.29 Å². The minimum Gasteiger partial charge on any atom is -0.399 e. The maximum atomic E-state index is 10.4. The van der Waals surface area contributed by atoms with Gasteiger partial charge in [0.15, 0.2) is 0 Å². The molecule has 1 aromatic rings. The average molecular weight is 218 g/mol. The highest BCUT2D eigenvalue weighted by molar-refractivity contribution is 5.52. The van der Waals surface area contributed by atoms with Crippen molar-refractivity contribution in [1.82, 2.24) is 4.90 Å². The fourth-order valence-electron chi connectivity index (χ4n) is 2.32. The van der Waals surface area contributed by atoms with Gasteiger partial charge < -0.3 is 10.5 Å². The van der Waals surface area contributed by atoms with Crippen LogP contribution in [0, 0.1) is 0 Å². The molecule has 0 bridgehead atoms. The van der Waals surface area contributed by atoms with Gasteiger partial charge in [-0.1, -0.05) is 12.1 Å². The lowest BCUT2D eigenvalue weighted by molar-refractivity contribution is -0.109. The normalized spacial score (nSPS) is 18.5. The second-order valence-electron chi connectivity index (χ2n) is 4.41. The Kier molecular flexibility index (Phi) is 3.57. The molecule has 0 spiro atoms. The monoisotopic (exact) mass is 218 g/mol. The lowest BCUT2D eigenvalue weighted by Crippen LogP contribution is -2.34. The molecule has 0 saturated carbocycles. The van der Waals surface area contributed by atoms with E-state index < -0.39 is 0 Å². The fraction of sp³-hybridized carbons (Fsp3) is 0.462. The second-order valence-corrected chi connectivity index (χ2v) is 4.41. The number of aldehydes is 1. The van der Waals surface area contributed by atoms with Gasteiger partial charge in [0.2, 0.25) is 0 Å². The topological polar surface area (TPSA) is 46.3 Å². The molecular formula is C13H18N2O. The lowest BCUT2D eigenvalue weighted by Gasteiger charge is -2.30. The molecule has 2 N–H and O–H groups in total. The van der Waals surface area contributed by atoms with E-state index in [1.807, 2.05) is 12.1 Å². The van der Waals surface area contributed by atoms with Crippen LogP contribution in [0.1, 0.15) is 24.3 Å². The number of carbonyl (C=O) groups is 1. The van der Waals surface area contributed by atoms with Gasteiger partial charge in [-0.3, -0.25) is 4.90 Å². The maximum Gasteiger partial charge on any atom is 0.133 e. The Labute approximate surface area is 96.2 Å². The number of nitrogens with two attached hydrogens (primary N) is 1. The Morgan fingerprint density at radius 3 is 2.44 bits per heavy atom. The van der Waals surface area contributed by atoms with Crippen LogP contribution in [0.4, 0.5) is 5.69 Å². The number of hydrogen-bond donors (Lipinski definition) is 1. The number of rotatable bonds is 3. The summed E-state index contributed by atoms with van der Waals surface area (Å²) < 4.78 is 0. The fourth-order valence-corrected chi connectivity index (χ4v) is 2.32. The molecule has 0 unspecified atom stereocenters. The van der Waals surface area contributed by atoms with Crippen LogP contribution in [0.15, 0.2) is 24.3 Å². The molecule has 1 heterocycles. The summed E-state index contributed by atoms with van der Waals surface area (Å²) in [6.07, 6.45) is 3.26. The molecule has 1 aliphatic heterocycles. The quantitative estimate of drug-likeness (QED) is 0.620. The smallest absolute Gasteiger partial charge is 0.133 e. The van der Waals surface area contributed by atoms with Crippen LogP contribution in [0.25, 0.3) is 0 Å². The number of nitrogens with zero attached hydrogens (tertiary/aromatic N) is 1. The van der Waals surface area contributed by atoms with Gasteiger partial charge in [-0.05, 0) is 49.5 Å². The van der Waals surface area contributed by atoms with E-state index in [1.165, 1.54) is 5.56 Å². The number of likely N-dealkylation sites (tertiary alicyclic amines) is 1. The molecule has 0 radical (unpaired) electrons. The summed E-state index contributed by atoms with van der Waals surface area (Å²) in [4.78, 5) is 12.6. The molecule has 16 heavy (non-hydrogen) atoms. The number of benzene rings is 1. The molecule has 0 amide bonds. The number of piperidine rings is 1. The molecule has 1 saturated heterocycles. The van der Waals surface area contributed by atoms with Crippen molar-refractivity contribution in [1.29, 1.82) is 0 Å². The van der Waals surface area contributed by atoms with Gasteiger partial charge in [0, 0.05) is 5.69 Å². The Morgan fingerprint density at radius 1 is 1.25 bits per heavy atom. The molecule has 86 valence electrons. The Bertz CT molecular complexity index is 339. The molecule has 1 aliphatic rings. The largest absolute Gasteiger partial charge is 0.399 e. The Balaban J connectivity index is 1.93. The molecule has 1 aromatic carbocycles. The highest BCUT2D eigenvalue weighted by Gasteiger charge is 2.19. The molecular weight excluding hydrogens is 200 g/mol. The van der Waals surface area contributed by atoms with Crippen molar-refractivity contribution < 1.29 is 4.79 Å². The van der Waals surface area contributed by atoms with E-state index in [-0.39, 0.29) is 0 Å². The predicted octanol–water partition coefficient (Wildman–Crippen LogP) is 1.65. The number of carbonyl (C=O) groups excluding carboxylic acids is 1. The Hall–Kier alpha value is -1.35. The van der Waals surface area contributed by atoms with Crippen molar-refractivity contribution in [3.05, 3.63) is 29.8 Å². The first-order valence-corrected chi connectivity index (χ1v) is 5.81. The number of nitrogen functional groups attached to an aromatic ring is 1. The van der Waals surface area contributed by atoms with Crippen molar-refractivity contribution in [3.63, 3.8) is 0 Å². The molecule has 2 rings (SSSR count). The van der Waals surface area contributed by atoms with Crippen LogP contribution in [0.5, 0.6) is 0 Å². The summed E-state index contributed by atoms with van der Waals surface area (Å²) in [7, 11) is 0. The van der Waals surface area contributed by atoms with E-state index in [0.717, 1.165) is 37.9 Å². The molecule has 0 aliphatic carbocycles. The first-order valence-electron chi connectivity index (χ1n) is 5.81. The van der Waals surface area contributed by atoms with Crippen LogP contribution in [-0.2, 0) is 4.79 Å². The maximum absolute atomic E-state index is 10.4. The Morgan fingerprint density at radius 2 is 1.88 bits per heavy atom. The van der Waals surface area contributed by atoms with E-state index in [1.54, 1.807) is 0 Å². The third-order valence-corrected chi connectivity index (χ3v) is 3.33. The summed E-state index contributed by atoms with van der Waals surface area (Å²) in [6.45, 7) is 2.62. The van der Waals surface area contributed by atoms with Crippen LogP contribution in [0.2, 0.25) is 0 Å². The van der Waals surface area contributed by atoms with Gasteiger partial charge in [-0.25, -0.2) is 0 Å². The van der Waals surface area contributed by atoms with Crippen molar-refractivity contribution in [2.45, 2.75) is 18.8 Å². The zero-order valence-corrected chi connectivity index (χ0v) is 9.43. The van der Waals surface area contributed by atoms with Crippen LogP contribution < -0.4 is 5.73 Å². The SMILES string of the molecule is Nc1ccc(C2CCN(CC=O)CC2)cc1. The number of hydrogen-bond acceptors (Lipinski definition) is 3. The zero-order chi connectivity index (χ0) is 11.4. The standard InChI is InChI=1S/C13H18N2O/c14-13-3-1-11(2-4-13)12-5-7-15(8-6-12)9-10-16/h1-4,10,12H,5-9,14H2. The summed E-state index contributed by atoms with van der Waals surface area (Å²) >= 11 is 0. The van der Waals surface area contributed by atoms with Gasteiger partial charge in [0.25, 0.3) is 0 Å². The number of anilines is 1.